The molecule has 0 saturated carbocycles. The number of hydrogen-bond acceptors (Lipinski definition) is 4. The smallest absolute Gasteiger partial charge is 0.261 e. The molecule has 0 aliphatic rings. The molecule has 2 amide bonds. The Morgan fingerprint density at radius 2 is 1.66 bits per heavy atom. The summed E-state index contributed by atoms with van der Waals surface area (Å²) in [5.41, 5.74) is 2.96. The lowest BCUT2D eigenvalue weighted by Gasteiger charge is -2.29. The third kappa shape index (κ3) is 6.99. The number of carbonyl (C=O) groups excluding carboxylic acids is 2. The Kier molecular flexibility index (Phi) is 9.57. The minimum absolute atomic E-state index is 0.0351. The summed E-state index contributed by atoms with van der Waals surface area (Å²) in [6.45, 7) is 9.78. The highest BCUT2D eigenvalue weighted by atomic mass is 79.9. The van der Waals surface area contributed by atoms with Crippen molar-refractivity contribution in [3.63, 3.8) is 0 Å². The summed E-state index contributed by atoms with van der Waals surface area (Å²) < 4.78 is 12.0. The molecule has 0 radical (unpaired) electrons. The van der Waals surface area contributed by atoms with E-state index in [0.717, 1.165) is 33.3 Å². The van der Waals surface area contributed by atoms with E-state index in [1.165, 1.54) is 0 Å². The van der Waals surface area contributed by atoms with Crippen LogP contribution >= 0.6 is 15.9 Å². The summed E-state index contributed by atoms with van der Waals surface area (Å²) >= 11 is 3.54. The molecular weight excluding hydrogens is 472 g/mol. The van der Waals surface area contributed by atoms with Gasteiger partial charge in [0.25, 0.3) is 5.91 Å². The van der Waals surface area contributed by atoms with Gasteiger partial charge in [-0.1, -0.05) is 35.0 Å². The van der Waals surface area contributed by atoms with Crippen molar-refractivity contribution in [3.05, 3.63) is 57.6 Å². The van der Waals surface area contributed by atoms with Crippen LogP contribution in [0.1, 0.15) is 43.9 Å². The van der Waals surface area contributed by atoms with E-state index in [4.69, 9.17) is 9.47 Å². The molecule has 0 unspecified atom stereocenters. The number of hydrogen-bond donors (Lipinski definition) is 1. The van der Waals surface area contributed by atoms with Crippen molar-refractivity contribution in [3.8, 4) is 11.5 Å². The molecule has 32 heavy (non-hydrogen) atoms. The van der Waals surface area contributed by atoms with Crippen molar-refractivity contribution in [2.45, 2.75) is 59.7 Å². The molecule has 0 aromatic heterocycles. The van der Waals surface area contributed by atoms with Crippen LogP contribution in [-0.2, 0) is 16.1 Å². The first-order valence-electron chi connectivity index (χ1n) is 10.8. The van der Waals surface area contributed by atoms with E-state index >= 15 is 0 Å². The Balaban J connectivity index is 2.19. The lowest BCUT2D eigenvalue weighted by atomic mass is 10.1. The number of amides is 2. The zero-order valence-corrected chi connectivity index (χ0v) is 21.3. The average molecular weight is 505 g/mol. The largest absolute Gasteiger partial charge is 0.497 e. The fourth-order valence-corrected chi connectivity index (χ4v) is 3.42. The van der Waals surface area contributed by atoms with Gasteiger partial charge in [-0.3, -0.25) is 9.59 Å². The molecule has 7 heteroatoms. The van der Waals surface area contributed by atoms with E-state index in [9.17, 15) is 9.59 Å². The number of nitrogens with one attached hydrogen (secondary N) is 1. The molecule has 2 rings (SSSR count). The van der Waals surface area contributed by atoms with Crippen molar-refractivity contribution in [1.82, 2.24) is 10.2 Å². The van der Waals surface area contributed by atoms with Gasteiger partial charge >= 0.3 is 0 Å². The second-order valence-electron chi connectivity index (χ2n) is 8.02. The predicted octanol–water partition coefficient (Wildman–Crippen LogP) is 4.79. The van der Waals surface area contributed by atoms with Gasteiger partial charge in [-0.2, -0.15) is 0 Å². The van der Waals surface area contributed by atoms with Crippen molar-refractivity contribution < 1.29 is 19.1 Å². The van der Waals surface area contributed by atoms with Gasteiger partial charge in [0.1, 0.15) is 17.5 Å². The average Bonchev–Trinajstić information content (AvgIpc) is 2.78. The molecule has 174 valence electrons. The molecule has 0 spiro atoms. The molecule has 2 atom stereocenters. The van der Waals surface area contributed by atoms with E-state index in [0.29, 0.717) is 12.3 Å². The minimum atomic E-state index is -0.643. The predicted molar refractivity (Wildman–Crippen MR) is 130 cm³/mol. The highest BCUT2D eigenvalue weighted by Crippen LogP contribution is 2.26. The molecule has 2 aromatic carbocycles. The summed E-state index contributed by atoms with van der Waals surface area (Å²) in [4.78, 5) is 27.5. The molecule has 6 nitrogen and oxygen atoms in total. The van der Waals surface area contributed by atoms with Crippen molar-refractivity contribution in [2.24, 2.45) is 0 Å². The van der Waals surface area contributed by atoms with E-state index in [1.54, 1.807) is 18.9 Å². The van der Waals surface area contributed by atoms with Gasteiger partial charge in [0.15, 0.2) is 6.61 Å². The molecule has 2 aromatic rings. The van der Waals surface area contributed by atoms with Crippen LogP contribution in [0.2, 0.25) is 0 Å². The van der Waals surface area contributed by atoms with Crippen LogP contribution in [0.5, 0.6) is 11.5 Å². The second kappa shape index (κ2) is 11.9. The van der Waals surface area contributed by atoms with Gasteiger partial charge in [-0.05, 0) is 75.1 Å². The Labute approximate surface area is 199 Å². The molecule has 0 saturated heterocycles. The Hall–Kier alpha value is -2.54. The van der Waals surface area contributed by atoms with Gasteiger partial charge in [0, 0.05) is 17.1 Å². The molecule has 0 fully saturated rings. The van der Waals surface area contributed by atoms with Gasteiger partial charge in [-0.25, -0.2) is 0 Å². The maximum Gasteiger partial charge on any atom is 0.261 e. The van der Waals surface area contributed by atoms with Crippen LogP contribution in [0.3, 0.4) is 0 Å². The number of methoxy groups -OCH3 is 1. The SMILES string of the molecule is CC[C@@H](C)NC(=O)[C@H](C)N(Cc1ccc(OC)cc1)C(=O)COc1cc(C)c(Br)c(C)c1. The number of ether oxygens (including phenoxy) is 2. The van der Waals surface area contributed by atoms with E-state index < -0.39 is 6.04 Å². The fraction of sp³-hybridized carbons (Fsp3) is 0.440. The molecule has 1 N–H and O–H groups in total. The Morgan fingerprint density at radius 1 is 1.06 bits per heavy atom. The summed E-state index contributed by atoms with van der Waals surface area (Å²) in [6, 6.07) is 10.6. The summed E-state index contributed by atoms with van der Waals surface area (Å²) in [5, 5.41) is 2.96. The topological polar surface area (TPSA) is 67.9 Å². The Morgan fingerprint density at radius 3 is 2.19 bits per heavy atom. The zero-order chi connectivity index (χ0) is 23.8. The first-order chi connectivity index (χ1) is 15.2. The first kappa shape index (κ1) is 25.7. The Bertz CT molecular complexity index is 907. The number of carbonyl (C=O) groups is 2. The van der Waals surface area contributed by atoms with Crippen LogP contribution in [0, 0.1) is 13.8 Å². The molecule has 0 aliphatic heterocycles. The monoisotopic (exact) mass is 504 g/mol. The zero-order valence-electron chi connectivity index (χ0n) is 19.7. The number of nitrogens with zero attached hydrogens (tertiary/aromatic N) is 1. The van der Waals surface area contributed by atoms with Crippen LogP contribution in [0.25, 0.3) is 0 Å². The van der Waals surface area contributed by atoms with Crippen LogP contribution in [-0.4, -0.2) is 42.5 Å². The quantitative estimate of drug-likeness (QED) is 0.505. The van der Waals surface area contributed by atoms with Crippen molar-refractivity contribution >= 4 is 27.7 Å². The number of benzene rings is 2. The van der Waals surface area contributed by atoms with E-state index in [-0.39, 0.29) is 24.5 Å². The normalized spacial score (nSPS) is 12.6. The van der Waals surface area contributed by atoms with Crippen molar-refractivity contribution in [2.75, 3.05) is 13.7 Å². The first-order valence-corrected chi connectivity index (χ1v) is 11.6. The van der Waals surface area contributed by atoms with E-state index in [1.807, 2.05) is 64.1 Å². The van der Waals surface area contributed by atoms with Crippen molar-refractivity contribution in [1.29, 1.82) is 0 Å². The maximum absolute atomic E-state index is 13.2. The summed E-state index contributed by atoms with van der Waals surface area (Å²) in [6.07, 6.45) is 0.816. The second-order valence-corrected chi connectivity index (χ2v) is 8.82. The third-order valence-electron chi connectivity index (χ3n) is 5.45. The van der Waals surface area contributed by atoms with Gasteiger partial charge in [0.05, 0.1) is 7.11 Å². The number of aryl methyl sites for hydroxylation is 2. The summed E-state index contributed by atoms with van der Waals surface area (Å²) in [5.74, 6) is 0.915. The fourth-order valence-electron chi connectivity index (χ4n) is 3.19. The van der Waals surface area contributed by atoms with Gasteiger partial charge < -0.3 is 19.7 Å². The lowest BCUT2D eigenvalue weighted by molar-refractivity contribution is -0.142. The molecule has 0 heterocycles. The summed E-state index contributed by atoms with van der Waals surface area (Å²) in [7, 11) is 1.61. The highest BCUT2D eigenvalue weighted by molar-refractivity contribution is 9.10. The molecule has 0 aliphatic carbocycles. The van der Waals surface area contributed by atoms with Crippen LogP contribution < -0.4 is 14.8 Å². The minimum Gasteiger partial charge on any atom is -0.497 e. The van der Waals surface area contributed by atoms with E-state index in [2.05, 4.69) is 21.2 Å². The highest BCUT2D eigenvalue weighted by Gasteiger charge is 2.27. The molecule has 0 bridgehead atoms. The number of halogens is 1. The standard InChI is InChI=1S/C25H33BrN2O4/c1-7-18(4)27-25(30)19(5)28(14-20-8-10-21(31-6)11-9-20)23(29)15-32-22-12-16(2)24(26)17(3)13-22/h8-13,18-19H,7,14-15H2,1-6H3,(H,27,30)/t18-,19+/m1/s1. The van der Waals surface area contributed by atoms with Crippen LogP contribution in [0.15, 0.2) is 40.9 Å². The number of rotatable bonds is 10. The van der Waals surface area contributed by atoms with Gasteiger partial charge in [0.2, 0.25) is 5.91 Å². The van der Waals surface area contributed by atoms with Gasteiger partial charge in [-0.15, -0.1) is 0 Å². The maximum atomic E-state index is 13.2. The third-order valence-corrected chi connectivity index (χ3v) is 6.70. The lowest BCUT2D eigenvalue weighted by Crippen LogP contribution is -2.50. The van der Waals surface area contributed by atoms with Crippen LogP contribution in [0.4, 0.5) is 0 Å². The molecular formula is C25H33BrN2O4.